The van der Waals surface area contributed by atoms with E-state index < -0.39 is 40.3 Å². The Morgan fingerprint density at radius 3 is 2.59 bits per heavy atom. The summed E-state index contributed by atoms with van der Waals surface area (Å²) in [5.41, 5.74) is 0.654. The van der Waals surface area contributed by atoms with Crippen LogP contribution in [0.3, 0.4) is 0 Å². The average molecular weight is 734 g/mol. The number of alkyl halides is 2. The predicted octanol–water partition coefficient (Wildman–Crippen LogP) is 4.60. The number of nitrogens with one attached hydrogen (secondary N) is 1. The van der Waals surface area contributed by atoms with E-state index in [9.17, 15) is 26.7 Å². The third-order valence-electron chi connectivity index (χ3n) is 9.64. The van der Waals surface area contributed by atoms with Gasteiger partial charge in [0.25, 0.3) is 10.2 Å². The Labute approximate surface area is 288 Å². The number of aromatic nitrogens is 5. The zero-order chi connectivity index (χ0) is 34.1. The molecule has 7 heterocycles. The van der Waals surface area contributed by atoms with Crippen molar-refractivity contribution in [1.82, 2.24) is 38.2 Å². The van der Waals surface area contributed by atoms with Crippen LogP contribution in [-0.2, 0) is 16.8 Å². The Balaban J connectivity index is 1.14. The molecule has 1 aromatic carbocycles. The van der Waals surface area contributed by atoms with Crippen molar-refractivity contribution in [3.63, 3.8) is 0 Å². The molecule has 2 N–H and O–H groups in total. The van der Waals surface area contributed by atoms with Gasteiger partial charge in [-0.05, 0) is 43.9 Å². The Morgan fingerprint density at radius 1 is 1.14 bits per heavy atom. The minimum absolute atomic E-state index is 0.0934. The number of halogens is 4. The van der Waals surface area contributed by atoms with Crippen LogP contribution in [0.15, 0.2) is 71.4 Å². The first-order chi connectivity index (χ1) is 23.5. The molecule has 4 aliphatic rings. The van der Waals surface area contributed by atoms with Gasteiger partial charge in [-0.2, -0.15) is 31.3 Å². The second-order valence-corrected chi connectivity index (χ2v) is 15.8. The van der Waals surface area contributed by atoms with Crippen molar-refractivity contribution >= 4 is 44.6 Å². The van der Waals surface area contributed by atoms with E-state index in [2.05, 4.69) is 19.8 Å². The van der Waals surface area contributed by atoms with Gasteiger partial charge in [0, 0.05) is 83.1 Å². The van der Waals surface area contributed by atoms with Crippen LogP contribution in [-0.4, -0.2) is 83.2 Å². The molecule has 5 atom stereocenters. The van der Waals surface area contributed by atoms with Crippen molar-refractivity contribution in [2.75, 3.05) is 6.54 Å². The van der Waals surface area contributed by atoms with Crippen LogP contribution in [0.5, 0.6) is 0 Å². The number of thiazole rings is 1. The summed E-state index contributed by atoms with van der Waals surface area (Å²) in [5, 5.41) is 18.1. The molecule has 0 spiro atoms. The summed E-state index contributed by atoms with van der Waals surface area (Å²) in [6.45, 7) is -2.37. The standard InChI is InChI=1S/C31H31ClF3N9O3S2/c32-23-11-18(33)1-4-22(23)27-26(24-5-8-43(39-24)30(34)35)25-12-19(15-42(25)28(38-27)29-37-7-10-48-29)40-49(46,47)44-20-2-3-21(44)14-31(45,13-20)16-41-9-6-36-17-41/h1,4-11,17,19-21,27,30,40,45H,2-3,12-16H2/t19-,20-,21?,27-,31?/m0/s1. The molecule has 258 valence electrons. The second-order valence-electron chi connectivity index (χ2n) is 12.9. The number of benzene rings is 1. The van der Waals surface area contributed by atoms with Crippen molar-refractivity contribution in [3.05, 3.63) is 93.6 Å². The zero-order valence-corrected chi connectivity index (χ0v) is 28.2. The van der Waals surface area contributed by atoms with Crippen LogP contribution < -0.4 is 4.72 Å². The molecule has 3 fully saturated rings. The van der Waals surface area contributed by atoms with Crippen molar-refractivity contribution in [2.45, 2.75) is 75.0 Å². The van der Waals surface area contributed by atoms with Gasteiger partial charge in [-0.3, -0.25) is 4.99 Å². The van der Waals surface area contributed by atoms with Gasteiger partial charge in [0.1, 0.15) is 11.9 Å². The highest BCUT2D eigenvalue weighted by molar-refractivity contribution is 7.87. The van der Waals surface area contributed by atoms with Crippen LogP contribution in [0, 0.1) is 5.82 Å². The average Bonchev–Trinajstić information content (AvgIpc) is 3.87. The largest absolute Gasteiger partial charge is 0.388 e. The van der Waals surface area contributed by atoms with Crippen LogP contribution in [0.1, 0.15) is 61.0 Å². The topological polar surface area (TPSA) is 134 Å². The van der Waals surface area contributed by atoms with Crippen LogP contribution in [0.4, 0.5) is 13.2 Å². The van der Waals surface area contributed by atoms with E-state index in [1.807, 2.05) is 4.90 Å². The third kappa shape index (κ3) is 5.99. The van der Waals surface area contributed by atoms with E-state index in [4.69, 9.17) is 16.6 Å². The number of hydrogen-bond donors (Lipinski definition) is 2. The zero-order valence-electron chi connectivity index (χ0n) is 25.8. The van der Waals surface area contributed by atoms with Crippen LogP contribution in [0.25, 0.3) is 5.57 Å². The lowest BCUT2D eigenvalue weighted by molar-refractivity contribution is -0.0420. The minimum atomic E-state index is -4.03. The summed E-state index contributed by atoms with van der Waals surface area (Å²) in [6, 6.07) is 3.11. The summed E-state index contributed by atoms with van der Waals surface area (Å²) in [4.78, 5) is 15.4. The lowest BCUT2D eigenvalue weighted by Gasteiger charge is -2.43. The third-order valence-corrected chi connectivity index (χ3v) is 12.5. The Bertz CT molecular complexity index is 2020. The van der Waals surface area contributed by atoms with E-state index in [-0.39, 0.29) is 35.8 Å². The van der Waals surface area contributed by atoms with E-state index in [0.717, 1.165) is 12.3 Å². The fraction of sp³-hybridized carbons (Fsp3) is 0.419. The smallest absolute Gasteiger partial charge is 0.333 e. The van der Waals surface area contributed by atoms with Gasteiger partial charge in [0.15, 0.2) is 10.8 Å². The van der Waals surface area contributed by atoms with Gasteiger partial charge >= 0.3 is 6.55 Å². The molecule has 2 bridgehead atoms. The number of amidine groups is 1. The molecule has 0 saturated carbocycles. The molecule has 0 amide bonds. The number of aliphatic hydroxyl groups is 1. The number of piperidine rings is 1. The first-order valence-corrected chi connectivity index (χ1v) is 18.4. The summed E-state index contributed by atoms with van der Waals surface area (Å²) in [6.07, 6.45) is 9.89. The Kier molecular flexibility index (Phi) is 8.19. The van der Waals surface area contributed by atoms with Crippen molar-refractivity contribution in [2.24, 2.45) is 4.99 Å². The van der Waals surface area contributed by atoms with E-state index >= 15 is 0 Å². The van der Waals surface area contributed by atoms with Gasteiger partial charge in [0.2, 0.25) is 0 Å². The van der Waals surface area contributed by atoms with Crippen molar-refractivity contribution < 1.29 is 26.7 Å². The monoisotopic (exact) mass is 733 g/mol. The van der Waals surface area contributed by atoms with Crippen LogP contribution >= 0.6 is 22.9 Å². The number of rotatable bonds is 9. The highest BCUT2D eigenvalue weighted by Gasteiger charge is 2.53. The molecule has 12 nitrogen and oxygen atoms in total. The summed E-state index contributed by atoms with van der Waals surface area (Å²) >= 11 is 7.90. The van der Waals surface area contributed by atoms with E-state index in [1.54, 1.807) is 34.9 Å². The second kappa shape index (κ2) is 12.3. The lowest BCUT2D eigenvalue weighted by atomic mass is 9.87. The molecule has 0 radical (unpaired) electrons. The summed E-state index contributed by atoms with van der Waals surface area (Å²) < 4.78 is 76.6. The minimum Gasteiger partial charge on any atom is -0.388 e. The fourth-order valence-electron chi connectivity index (χ4n) is 7.83. The summed E-state index contributed by atoms with van der Waals surface area (Å²) in [5.74, 6) is -0.0922. The van der Waals surface area contributed by atoms with E-state index in [0.29, 0.717) is 64.6 Å². The molecular weight excluding hydrogens is 703 g/mol. The maximum absolute atomic E-state index is 14.2. The number of aliphatic imine (C=N–C) groups is 1. The first kappa shape index (κ1) is 32.6. The molecule has 0 aliphatic carbocycles. The fourth-order valence-corrected chi connectivity index (χ4v) is 10.6. The van der Waals surface area contributed by atoms with Crippen molar-refractivity contribution in [1.29, 1.82) is 0 Å². The van der Waals surface area contributed by atoms with Gasteiger partial charge < -0.3 is 14.6 Å². The SMILES string of the molecule is O=S(=O)(N[C@H]1CC2=C(c3ccn(C(F)F)n3)[C@H](c3ccc(F)cc3Cl)N=C(c3nccs3)N2C1)N1C2CC[C@H]1CC(O)(Cn1ccnc1)C2. The van der Waals surface area contributed by atoms with Gasteiger partial charge in [-0.1, -0.05) is 17.7 Å². The lowest BCUT2D eigenvalue weighted by Crippen LogP contribution is -2.58. The van der Waals surface area contributed by atoms with Gasteiger partial charge in [-0.15, -0.1) is 11.3 Å². The normalized spacial score (nSPS) is 27.3. The molecule has 49 heavy (non-hydrogen) atoms. The van der Waals surface area contributed by atoms with Gasteiger partial charge in [0.05, 0.1) is 24.2 Å². The quantitative estimate of drug-likeness (QED) is 0.257. The molecule has 4 aliphatic heterocycles. The maximum Gasteiger partial charge on any atom is 0.333 e. The van der Waals surface area contributed by atoms with Crippen LogP contribution in [0.2, 0.25) is 5.02 Å². The number of imidazole rings is 1. The Morgan fingerprint density at radius 2 is 1.94 bits per heavy atom. The predicted molar refractivity (Wildman–Crippen MR) is 175 cm³/mol. The van der Waals surface area contributed by atoms with E-state index in [1.165, 1.54) is 33.8 Å². The summed E-state index contributed by atoms with van der Waals surface area (Å²) in [7, 11) is -4.03. The number of hydrogen-bond acceptors (Lipinski definition) is 9. The highest BCUT2D eigenvalue weighted by Crippen LogP contribution is 2.47. The highest BCUT2D eigenvalue weighted by atomic mass is 35.5. The number of nitrogens with zero attached hydrogens (tertiary/aromatic N) is 8. The maximum atomic E-state index is 14.2. The Hall–Kier alpha value is -3.61. The first-order valence-electron chi connectivity index (χ1n) is 15.7. The molecule has 3 aromatic heterocycles. The van der Waals surface area contributed by atoms with Crippen molar-refractivity contribution in [3.8, 4) is 0 Å². The molecule has 3 saturated heterocycles. The molecular formula is C31H31ClF3N9O3S2. The molecule has 4 aromatic rings. The molecule has 18 heteroatoms. The molecule has 2 unspecified atom stereocenters. The molecule has 8 rings (SSSR count). The number of fused-ring (bicyclic) bond motifs is 3. The van der Waals surface area contributed by atoms with Gasteiger partial charge in [-0.25, -0.2) is 19.0 Å².